The highest BCUT2D eigenvalue weighted by molar-refractivity contribution is 7.98. The Morgan fingerprint density at radius 2 is 1.78 bits per heavy atom. The Hall–Kier alpha value is -2.15. The molecule has 2 N–H and O–H groups in total. The van der Waals surface area contributed by atoms with Gasteiger partial charge >= 0.3 is 0 Å². The van der Waals surface area contributed by atoms with Crippen LogP contribution < -0.4 is 20.1 Å². The monoisotopic (exact) mass is 334 g/mol. The Labute approximate surface area is 141 Å². The average molecular weight is 334 g/mol. The molecule has 0 saturated heterocycles. The lowest BCUT2D eigenvalue weighted by Crippen LogP contribution is -2.09. The van der Waals surface area contributed by atoms with Crippen molar-refractivity contribution >= 4 is 23.3 Å². The van der Waals surface area contributed by atoms with Gasteiger partial charge in [-0.1, -0.05) is 11.8 Å². The molecule has 0 atom stereocenters. The van der Waals surface area contributed by atoms with E-state index in [1.807, 2.05) is 37.6 Å². The fourth-order valence-electron chi connectivity index (χ4n) is 2.05. The highest BCUT2D eigenvalue weighted by Gasteiger charge is 2.07. The van der Waals surface area contributed by atoms with E-state index in [2.05, 4.69) is 20.6 Å². The first-order valence-corrected chi connectivity index (χ1v) is 8.53. The van der Waals surface area contributed by atoms with Crippen molar-refractivity contribution in [3.05, 3.63) is 30.0 Å². The molecule has 1 aromatic heterocycles. The van der Waals surface area contributed by atoms with Gasteiger partial charge in [0.15, 0.2) is 5.16 Å². The molecule has 23 heavy (non-hydrogen) atoms. The number of aromatic nitrogens is 2. The third kappa shape index (κ3) is 4.66. The summed E-state index contributed by atoms with van der Waals surface area (Å²) in [6, 6.07) is 5.69. The summed E-state index contributed by atoms with van der Waals surface area (Å²) in [4.78, 5) is 8.85. The van der Waals surface area contributed by atoms with Crippen LogP contribution in [-0.2, 0) is 6.54 Å². The van der Waals surface area contributed by atoms with Crippen molar-refractivity contribution in [3.8, 4) is 11.5 Å². The lowest BCUT2D eigenvalue weighted by Gasteiger charge is -2.13. The number of anilines is 2. The summed E-state index contributed by atoms with van der Waals surface area (Å²) >= 11 is 1.53. The molecular weight excluding hydrogens is 312 g/mol. The molecule has 6 nitrogen and oxygen atoms in total. The smallest absolute Gasteiger partial charge is 0.189 e. The van der Waals surface area contributed by atoms with Crippen molar-refractivity contribution < 1.29 is 9.47 Å². The van der Waals surface area contributed by atoms with E-state index in [9.17, 15) is 0 Å². The molecule has 0 amide bonds. The van der Waals surface area contributed by atoms with Gasteiger partial charge in [-0.15, -0.1) is 0 Å². The predicted octanol–water partition coefficient (Wildman–Crippen LogP) is 3.26. The topological polar surface area (TPSA) is 68.3 Å². The van der Waals surface area contributed by atoms with Crippen molar-refractivity contribution in [2.24, 2.45) is 0 Å². The Morgan fingerprint density at radius 3 is 2.35 bits per heavy atom. The van der Waals surface area contributed by atoms with Crippen LogP contribution in [0.25, 0.3) is 0 Å². The van der Waals surface area contributed by atoms with Crippen LogP contribution in [0.15, 0.2) is 29.6 Å². The van der Waals surface area contributed by atoms with Gasteiger partial charge < -0.3 is 20.1 Å². The molecule has 0 saturated carbocycles. The van der Waals surface area contributed by atoms with E-state index in [1.165, 1.54) is 11.8 Å². The number of hydrogen-bond donors (Lipinski definition) is 2. The van der Waals surface area contributed by atoms with Crippen LogP contribution in [0.3, 0.4) is 0 Å². The minimum absolute atomic E-state index is 0.604. The number of thioether (sulfide) groups is 1. The van der Waals surface area contributed by atoms with Gasteiger partial charge in [-0.3, -0.25) is 0 Å². The van der Waals surface area contributed by atoms with Crippen LogP contribution in [-0.4, -0.2) is 37.0 Å². The number of benzene rings is 1. The molecule has 124 valence electrons. The third-order valence-corrected chi connectivity index (χ3v) is 3.77. The number of ether oxygens (including phenoxy) is 2. The van der Waals surface area contributed by atoms with E-state index in [0.717, 1.165) is 40.3 Å². The molecule has 2 rings (SSSR count). The molecular formula is C16H22N4O2S. The van der Waals surface area contributed by atoms with Crippen LogP contribution in [0, 0.1) is 0 Å². The summed E-state index contributed by atoms with van der Waals surface area (Å²) in [6.07, 6.45) is 3.81. The molecule has 0 aliphatic heterocycles. The second-order valence-electron chi connectivity index (χ2n) is 4.72. The fourth-order valence-corrected chi connectivity index (χ4v) is 2.39. The zero-order chi connectivity index (χ0) is 16.7. The van der Waals surface area contributed by atoms with Crippen molar-refractivity contribution in [1.82, 2.24) is 9.97 Å². The lowest BCUT2D eigenvalue weighted by molar-refractivity contribution is 0.394. The summed E-state index contributed by atoms with van der Waals surface area (Å²) in [5.41, 5.74) is 1.92. The van der Waals surface area contributed by atoms with Crippen molar-refractivity contribution in [2.45, 2.75) is 18.6 Å². The summed E-state index contributed by atoms with van der Waals surface area (Å²) in [7, 11) is 3.27. The molecule has 1 heterocycles. The first kappa shape index (κ1) is 17.2. The number of nitrogens with one attached hydrogen (secondary N) is 2. The van der Waals surface area contributed by atoms with E-state index in [0.29, 0.717) is 6.54 Å². The Kier molecular flexibility index (Phi) is 6.34. The molecule has 1 aromatic carbocycles. The van der Waals surface area contributed by atoms with E-state index in [-0.39, 0.29) is 0 Å². The number of nitrogens with zero attached hydrogens (tertiary/aromatic N) is 2. The maximum Gasteiger partial charge on any atom is 0.189 e. The van der Waals surface area contributed by atoms with Gasteiger partial charge in [0.25, 0.3) is 0 Å². The van der Waals surface area contributed by atoms with Gasteiger partial charge in [0.1, 0.15) is 17.3 Å². The highest BCUT2D eigenvalue weighted by atomic mass is 32.2. The van der Waals surface area contributed by atoms with Gasteiger partial charge in [-0.2, -0.15) is 0 Å². The third-order valence-electron chi connectivity index (χ3n) is 3.20. The molecule has 0 fully saturated rings. The van der Waals surface area contributed by atoms with Gasteiger partial charge in [0.2, 0.25) is 0 Å². The van der Waals surface area contributed by atoms with E-state index in [4.69, 9.17) is 9.47 Å². The van der Waals surface area contributed by atoms with Crippen LogP contribution in [0.1, 0.15) is 12.5 Å². The second kappa shape index (κ2) is 8.47. The molecule has 0 aliphatic rings. The normalized spacial score (nSPS) is 10.3. The minimum atomic E-state index is 0.604. The number of methoxy groups -OCH3 is 2. The van der Waals surface area contributed by atoms with Crippen LogP contribution in [0.5, 0.6) is 11.5 Å². The Bertz CT molecular complexity index is 630. The minimum Gasteiger partial charge on any atom is -0.497 e. The predicted molar refractivity (Wildman–Crippen MR) is 94.8 cm³/mol. The molecule has 0 aliphatic carbocycles. The van der Waals surface area contributed by atoms with Crippen LogP contribution in [0.4, 0.5) is 11.5 Å². The number of rotatable bonds is 8. The highest BCUT2D eigenvalue weighted by Crippen LogP contribution is 2.26. The van der Waals surface area contributed by atoms with E-state index < -0.39 is 0 Å². The zero-order valence-electron chi connectivity index (χ0n) is 13.8. The Morgan fingerprint density at radius 1 is 1.09 bits per heavy atom. The van der Waals surface area contributed by atoms with E-state index >= 15 is 0 Å². The zero-order valence-corrected chi connectivity index (χ0v) is 14.7. The van der Waals surface area contributed by atoms with Gasteiger partial charge in [0.05, 0.1) is 14.2 Å². The summed E-state index contributed by atoms with van der Waals surface area (Å²) < 4.78 is 10.6. The first-order chi connectivity index (χ1) is 11.2. The molecule has 0 spiro atoms. The summed E-state index contributed by atoms with van der Waals surface area (Å²) in [5, 5.41) is 7.40. The maximum absolute atomic E-state index is 5.28. The first-order valence-electron chi connectivity index (χ1n) is 7.30. The average Bonchev–Trinajstić information content (AvgIpc) is 2.60. The standard InChI is InChI=1S/C16H22N4O2S/c1-5-17-15-11(10-19-16(20-15)23-4)9-18-12-6-13(21-2)8-14(7-12)22-3/h6-8,10,18H,5,9H2,1-4H3,(H,17,19,20). The van der Waals surface area contributed by atoms with Gasteiger partial charge in [-0.05, 0) is 13.2 Å². The SMILES string of the molecule is CCNc1nc(SC)ncc1CNc1cc(OC)cc(OC)c1. The van der Waals surface area contributed by atoms with Crippen LogP contribution in [0.2, 0.25) is 0 Å². The maximum atomic E-state index is 5.28. The molecule has 0 unspecified atom stereocenters. The van der Waals surface area contributed by atoms with Gasteiger partial charge in [-0.25, -0.2) is 9.97 Å². The Balaban J connectivity index is 2.17. The van der Waals surface area contributed by atoms with Crippen LogP contribution >= 0.6 is 11.8 Å². The van der Waals surface area contributed by atoms with E-state index in [1.54, 1.807) is 14.2 Å². The molecule has 7 heteroatoms. The summed E-state index contributed by atoms with van der Waals surface area (Å²) in [5.74, 6) is 2.34. The summed E-state index contributed by atoms with van der Waals surface area (Å²) in [6.45, 7) is 3.46. The van der Waals surface area contributed by atoms with Crippen molar-refractivity contribution in [3.63, 3.8) is 0 Å². The fraction of sp³-hybridized carbons (Fsp3) is 0.375. The molecule has 0 radical (unpaired) electrons. The van der Waals surface area contributed by atoms with Gasteiger partial charge in [0, 0.05) is 48.7 Å². The lowest BCUT2D eigenvalue weighted by atomic mass is 10.2. The molecule has 0 bridgehead atoms. The molecule has 2 aromatic rings. The largest absolute Gasteiger partial charge is 0.497 e. The van der Waals surface area contributed by atoms with Crippen molar-refractivity contribution in [1.29, 1.82) is 0 Å². The second-order valence-corrected chi connectivity index (χ2v) is 5.49. The van der Waals surface area contributed by atoms with Crippen molar-refractivity contribution in [2.75, 3.05) is 37.7 Å². The quantitative estimate of drug-likeness (QED) is 0.567. The number of hydrogen-bond acceptors (Lipinski definition) is 7.